The molecular weight excluding hydrogens is 342 g/mol. The van der Waals surface area contributed by atoms with Crippen LogP contribution in [0.1, 0.15) is 94.2 Å². The van der Waals surface area contributed by atoms with E-state index in [1.807, 2.05) is 13.0 Å². The number of hydrogen-bond donors (Lipinski definition) is 1. The van der Waals surface area contributed by atoms with Crippen molar-refractivity contribution < 1.29 is 4.79 Å². The molecule has 1 fully saturated rings. The normalized spacial score (nSPS) is 25.1. The van der Waals surface area contributed by atoms with Crippen LogP contribution in [0.15, 0.2) is 30.9 Å². The molecule has 154 valence electrons. The van der Waals surface area contributed by atoms with E-state index in [1.165, 1.54) is 50.5 Å². The van der Waals surface area contributed by atoms with E-state index in [1.54, 1.807) is 11.1 Å². The minimum absolute atomic E-state index is 0.132. The van der Waals surface area contributed by atoms with Crippen LogP contribution >= 0.6 is 0 Å². The number of carbonyl (C=O) groups excluding carboxylic acids is 1. The Balaban J connectivity index is 1.52. The molecule has 2 aliphatic carbocycles. The molecule has 0 saturated heterocycles. The summed E-state index contributed by atoms with van der Waals surface area (Å²) in [6.07, 6.45) is 15.4. The van der Waals surface area contributed by atoms with Gasteiger partial charge in [0, 0.05) is 12.0 Å². The van der Waals surface area contributed by atoms with Gasteiger partial charge in [-0.25, -0.2) is 0 Å². The Hall–Kier alpha value is -1.57. The number of carbonyl (C=O) groups is 1. The summed E-state index contributed by atoms with van der Waals surface area (Å²) in [5, 5.41) is 3.28. The molecule has 0 bridgehead atoms. The fourth-order valence-corrected chi connectivity index (χ4v) is 5.02. The minimum atomic E-state index is 0.132. The Morgan fingerprint density at radius 2 is 2.11 bits per heavy atom. The van der Waals surface area contributed by atoms with Crippen molar-refractivity contribution in [3.8, 4) is 0 Å². The summed E-state index contributed by atoms with van der Waals surface area (Å²) < 4.78 is 0. The van der Waals surface area contributed by atoms with E-state index in [4.69, 9.17) is 0 Å². The zero-order valence-corrected chi connectivity index (χ0v) is 18.0. The largest absolute Gasteiger partial charge is 0.353 e. The first-order valence-electron chi connectivity index (χ1n) is 11.6. The number of hydrogen-bond acceptors (Lipinski definition) is 1. The van der Waals surface area contributed by atoms with E-state index in [9.17, 15) is 4.79 Å². The molecule has 1 N–H and O–H groups in total. The van der Waals surface area contributed by atoms with Crippen molar-refractivity contribution >= 4 is 5.91 Å². The van der Waals surface area contributed by atoms with Gasteiger partial charge < -0.3 is 5.32 Å². The van der Waals surface area contributed by atoms with Crippen molar-refractivity contribution in [2.75, 3.05) is 0 Å². The number of unbranched alkanes of at least 4 members (excludes halogenated alkanes) is 2. The minimum Gasteiger partial charge on any atom is -0.353 e. The summed E-state index contributed by atoms with van der Waals surface area (Å²) in [7, 11) is 0. The third-order valence-electron chi connectivity index (χ3n) is 7.14. The third-order valence-corrected chi connectivity index (χ3v) is 7.14. The van der Waals surface area contributed by atoms with Gasteiger partial charge in [0.2, 0.25) is 5.91 Å². The summed E-state index contributed by atoms with van der Waals surface area (Å²) >= 11 is 0. The van der Waals surface area contributed by atoms with Gasteiger partial charge in [0.25, 0.3) is 0 Å². The van der Waals surface area contributed by atoms with Gasteiger partial charge >= 0.3 is 0 Å². The Bertz CT molecular complexity index is 664. The lowest BCUT2D eigenvalue weighted by Crippen LogP contribution is -2.36. The maximum Gasteiger partial charge on any atom is 0.223 e. The number of benzene rings is 1. The highest BCUT2D eigenvalue weighted by Crippen LogP contribution is 2.37. The molecule has 1 aromatic carbocycles. The van der Waals surface area contributed by atoms with E-state index < -0.39 is 0 Å². The van der Waals surface area contributed by atoms with Crippen molar-refractivity contribution in [2.24, 2.45) is 11.8 Å². The molecule has 0 radical (unpaired) electrons. The summed E-state index contributed by atoms with van der Waals surface area (Å²) in [4.78, 5) is 12.2. The molecule has 4 atom stereocenters. The quantitative estimate of drug-likeness (QED) is 0.393. The predicted octanol–water partition coefficient (Wildman–Crippen LogP) is 6.34. The van der Waals surface area contributed by atoms with Gasteiger partial charge in [0.15, 0.2) is 0 Å². The van der Waals surface area contributed by atoms with Crippen LogP contribution in [0.3, 0.4) is 0 Å². The van der Waals surface area contributed by atoms with E-state index >= 15 is 0 Å². The van der Waals surface area contributed by atoms with Crippen LogP contribution in [0.5, 0.6) is 0 Å². The Morgan fingerprint density at radius 1 is 1.25 bits per heavy atom. The summed E-state index contributed by atoms with van der Waals surface area (Å²) in [5.41, 5.74) is 4.68. The lowest BCUT2D eigenvalue weighted by atomic mass is 9.80. The van der Waals surface area contributed by atoms with Crippen LogP contribution in [0, 0.1) is 11.8 Å². The molecule has 0 aliphatic heterocycles. The second-order valence-corrected chi connectivity index (χ2v) is 9.23. The van der Waals surface area contributed by atoms with Gasteiger partial charge in [-0.05, 0) is 86.3 Å². The number of amides is 1. The van der Waals surface area contributed by atoms with Crippen molar-refractivity contribution in [3.63, 3.8) is 0 Å². The van der Waals surface area contributed by atoms with E-state index in [2.05, 4.69) is 37.0 Å². The summed E-state index contributed by atoms with van der Waals surface area (Å²) in [6, 6.07) is 7.64. The van der Waals surface area contributed by atoms with Crippen LogP contribution < -0.4 is 5.32 Å². The lowest BCUT2D eigenvalue weighted by molar-refractivity contribution is -0.125. The standard InChI is InChI=1S/C26H39NO/c1-4-6-7-8-9-20-10-11-22-17-23(13-12-21(22)16-20)24-14-15-25(18-24)27-26(28)19(3)5-2/h4,12-13,17,19-20,24-25H,1,5-11,14-16,18H2,2-3H3,(H,27,28)/t19?,20-,24?,25?/m0/s1. The molecule has 2 nitrogen and oxygen atoms in total. The second kappa shape index (κ2) is 10.3. The van der Waals surface area contributed by atoms with Crippen LogP contribution in [0.2, 0.25) is 0 Å². The first kappa shape index (κ1) is 21.1. The Kier molecular flexibility index (Phi) is 7.76. The highest BCUT2D eigenvalue weighted by atomic mass is 16.1. The van der Waals surface area contributed by atoms with E-state index in [-0.39, 0.29) is 11.8 Å². The van der Waals surface area contributed by atoms with Crippen LogP contribution in [0.25, 0.3) is 0 Å². The predicted molar refractivity (Wildman–Crippen MR) is 119 cm³/mol. The molecule has 28 heavy (non-hydrogen) atoms. The van der Waals surface area contributed by atoms with Gasteiger partial charge in [-0.2, -0.15) is 0 Å². The Labute approximate surface area is 172 Å². The van der Waals surface area contributed by atoms with Gasteiger partial charge in [-0.1, -0.05) is 51.0 Å². The second-order valence-electron chi connectivity index (χ2n) is 9.23. The molecule has 3 unspecified atom stereocenters. The van der Waals surface area contributed by atoms with Crippen molar-refractivity contribution in [1.29, 1.82) is 0 Å². The molecule has 1 saturated carbocycles. The zero-order chi connectivity index (χ0) is 19.9. The molecule has 0 heterocycles. The zero-order valence-electron chi connectivity index (χ0n) is 18.0. The summed E-state index contributed by atoms with van der Waals surface area (Å²) in [6.45, 7) is 7.93. The fraction of sp³-hybridized carbons (Fsp3) is 0.654. The van der Waals surface area contributed by atoms with Crippen molar-refractivity contribution in [1.82, 2.24) is 5.32 Å². The maximum atomic E-state index is 12.2. The van der Waals surface area contributed by atoms with Gasteiger partial charge in [-0.3, -0.25) is 4.79 Å². The molecular formula is C26H39NO. The third kappa shape index (κ3) is 5.49. The van der Waals surface area contributed by atoms with Crippen LogP contribution in [0.4, 0.5) is 0 Å². The molecule has 0 spiro atoms. The van der Waals surface area contributed by atoms with Gasteiger partial charge in [-0.15, -0.1) is 6.58 Å². The SMILES string of the molecule is C=CCCCC[C@H]1CCc2cc(C3CCC(NC(=O)C(C)CC)C3)ccc2C1. The molecule has 1 aromatic rings. The number of fused-ring (bicyclic) bond motifs is 1. The van der Waals surface area contributed by atoms with E-state index in [0.717, 1.165) is 31.6 Å². The monoisotopic (exact) mass is 381 g/mol. The number of nitrogens with one attached hydrogen (secondary N) is 1. The maximum absolute atomic E-state index is 12.2. The topological polar surface area (TPSA) is 29.1 Å². The molecule has 3 rings (SSSR count). The fourth-order valence-electron chi connectivity index (χ4n) is 5.02. The van der Waals surface area contributed by atoms with Crippen LogP contribution in [-0.4, -0.2) is 11.9 Å². The summed E-state index contributed by atoms with van der Waals surface area (Å²) in [5.74, 6) is 1.85. The number of allylic oxidation sites excluding steroid dienone is 1. The number of rotatable bonds is 9. The first-order chi connectivity index (χ1) is 13.6. The van der Waals surface area contributed by atoms with Crippen molar-refractivity contribution in [2.45, 2.75) is 96.4 Å². The van der Waals surface area contributed by atoms with Crippen molar-refractivity contribution in [3.05, 3.63) is 47.5 Å². The molecule has 2 aliphatic rings. The van der Waals surface area contributed by atoms with Gasteiger partial charge in [0.1, 0.15) is 0 Å². The molecule has 2 heteroatoms. The highest BCUT2D eigenvalue weighted by molar-refractivity contribution is 5.78. The lowest BCUT2D eigenvalue weighted by Gasteiger charge is -2.26. The molecule has 1 amide bonds. The Morgan fingerprint density at radius 3 is 2.89 bits per heavy atom. The van der Waals surface area contributed by atoms with E-state index in [0.29, 0.717) is 12.0 Å². The number of aryl methyl sites for hydroxylation is 1. The van der Waals surface area contributed by atoms with Crippen LogP contribution in [-0.2, 0) is 17.6 Å². The average Bonchev–Trinajstić information content (AvgIpc) is 3.18. The van der Waals surface area contributed by atoms with Gasteiger partial charge in [0.05, 0.1) is 0 Å². The highest BCUT2D eigenvalue weighted by Gasteiger charge is 2.28. The average molecular weight is 382 g/mol. The molecule has 0 aromatic heterocycles. The smallest absolute Gasteiger partial charge is 0.223 e. The first-order valence-corrected chi connectivity index (χ1v) is 11.6.